The van der Waals surface area contributed by atoms with Gasteiger partial charge in [-0.2, -0.15) is 4.98 Å². The van der Waals surface area contributed by atoms with Crippen molar-refractivity contribution in [2.75, 3.05) is 0 Å². The lowest BCUT2D eigenvalue weighted by atomic mass is 10.1. The van der Waals surface area contributed by atoms with Gasteiger partial charge in [-0.15, -0.1) is 0 Å². The topological polar surface area (TPSA) is 106 Å². The molecule has 0 atom stereocenters. The first-order valence-corrected chi connectivity index (χ1v) is 7.12. The van der Waals surface area contributed by atoms with E-state index in [2.05, 4.69) is 10.1 Å². The molecule has 3 aromatic rings. The first-order chi connectivity index (χ1) is 11.5. The van der Waals surface area contributed by atoms with Gasteiger partial charge in [0, 0.05) is 11.6 Å². The van der Waals surface area contributed by atoms with Crippen LogP contribution in [0.2, 0.25) is 0 Å². The lowest BCUT2D eigenvalue weighted by Gasteiger charge is -2.04. The van der Waals surface area contributed by atoms with Gasteiger partial charge in [-0.25, -0.2) is 4.79 Å². The summed E-state index contributed by atoms with van der Waals surface area (Å²) < 4.78 is 10.1. The number of hydrogen-bond acceptors (Lipinski definition) is 7. The number of aryl methyl sites for hydroxylation is 1. The minimum absolute atomic E-state index is 0.0635. The molecular formula is C17H14N2O5. The highest BCUT2D eigenvalue weighted by Gasteiger charge is 2.16. The van der Waals surface area contributed by atoms with Crippen LogP contribution in [0.4, 0.5) is 0 Å². The van der Waals surface area contributed by atoms with Crippen LogP contribution in [-0.4, -0.2) is 26.3 Å². The van der Waals surface area contributed by atoms with E-state index in [1.165, 1.54) is 12.1 Å². The van der Waals surface area contributed by atoms with Crippen molar-refractivity contribution in [1.82, 2.24) is 10.1 Å². The number of carbonyl (C=O) groups excluding carboxylic acids is 1. The summed E-state index contributed by atoms with van der Waals surface area (Å²) in [5.41, 5.74) is 1.76. The monoisotopic (exact) mass is 326 g/mol. The van der Waals surface area contributed by atoms with E-state index in [1.54, 1.807) is 0 Å². The van der Waals surface area contributed by atoms with Crippen molar-refractivity contribution >= 4 is 5.97 Å². The van der Waals surface area contributed by atoms with Gasteiger partial charge in [-0.1, -0.05) is 29.4 Å². The van der Waals surface area contributed by atoms with E-state index in [0.717, 1.165) is 17.2 Å². The third kappa shape index (κ3) is 3.19. The molecule has 3 rings (SSSR count). The molecule has 0 spiro atoms. The predicted molar refractivity (Wildman–Crippen MR) is 83.4 cm³/mol. The Morgan fingerprint density at radius 2 is 2.00 bits per heavy atom. The number of rotatable bonds is 4. The van der Waals surface area contributed by atoms with Gasteiger partial charge in [0.15, 0.2) is 6.61 Å². The van der Waals surface area contributed by atoms with Crippen LogP contribution in [0.3, 0.4) is 0 Å². The number of phenols is 2. The molecule has 0 amide bonds. The molecule has 24 heavy (non-hydrogen) atoms. The van der Waals surface area contributed by atoms with Crippen molar-refractivity contribution < 1.29 is 24.3 Å². The van der Waals surface area contributed by atoms with E-state index in [9.17, 15) is 15.0 Å². The Morgan fingerprint density at radius 3 is 2.75 bits per heavy atom. The van der Waals surface area contributed by atoms with Crippen LogP contribution in [0.25, 0.3) is 11.4 Å². The van der Waals surface area contributed by atoms with E-state index >= 15 is 0 Å². The molecule has 0 radical (unpaired) electrons. The van der Waals surface area contributed by atoms with Crippen LogP contribution in [-0.2, 0) is 11.3 Å². The molecule has 0 aliphatic heterocycles. The van der Waals surface area contributed by atoms with Gasteiger partial charge in [-0.05, 0) is 24.6 Å². The number of aromatic nitrogens is 2. The van der Waals surface area contributed by atoms with Gasteiger partial charge in [0.1, 0.15) is 17.1 Å². The Morgan fingerprint density at radius 1 is 1.21 bits per heavy atom. The summed E-state index contributed by atoms with van der Waals surface area (Å²) in [5.74, 6) is -0.732. The summed E-state index contributed by atoms with van der Waals surface area (Å²) in [5, 5.41) is 22.7. The van der Waals surface area contributed by atoms with Crippen molar-refractivity contribution in [1.29, 1.82) is 0 Å². The van der Waals surface area contributed by atoms with Crippen LogP contribution in [0.15, 0.2) is 47.0 Å². The predicted octanol–water partition coefficient (Wildman–Crippen LogP) is 2.81. The number of benzene rings is 2. The Bertz CT molecular complexity index is 888. The Kier molecular flexibility index (Phi) is 4.15. The fourth-order valence-corrected chi connectivity index (χ4v) is 2.14. The first kappa shape index (κ1) is 15.5. The summed E-state index contributed by atoms with van der Waals surface area (Å²) in [7, 11) is 0. The highest BCUT2D eigenvalue weighted by atomic mass is 16.6. The first-order valence-electron chi connectivity index (χ1n) is 7.12. The van der Waals surface area contributed by atoms with Crippen molar-refractivity contribution in [2.24, 2.45) is 0 Å². The van der Waals surface area contributed by atoms with Crippen LogP contribution in [0.5, 0.6) is 11.5 Å². The number of ether oxygens (including phenoxy) is 1. The number of nitrogens with zero attached hydrogens (tertiary/aromatic N) is 2. The molecular weight excluding hydrogens is 312 g/mol. The Labute approximate surface area is 137 Å². The smallest absolute Gasteiger partial charge is 0.342 e. The van der Waals surface area contributed by atoms with Gasteiger partial charge in [0.25, 0.3) is 5.89 Å². The molecule has 0 unspecified atom stereocenters. The van der Waals surface area contributed by atoms with Crippen LogP contribution in [0, 0.1) is 6.92 Å². The fraction of sp³-hybridized carbons (Fsp3) is 0.118. The minimum atomic E-state index is -0.761. The molecule has 0 saturated heterocycles. The van der Waals surface area contributed by atoms with Crippen molar-refractivity contribution in [3.63, 3.8) is 0 Å². The SMILES string of the molecule is Cc1ccccc1-c1noc(COC(=O)c2ccc(O)cc2O)n1. The highest BCUT2D eigenvalue weighted by Crippen LogP contribution is 2.24. The quantitative estimate of drug-likeness (QED) is 0.710. The molecule has 0 fully saturated rings. The molecule has 0 bridgehead atoms. The van der Waals surface area contributed by atoms with E-state index in [1.807, 2.05) is 31.2 Å². The maximum atomic E-state index is 11.9. The van der Waals surface area contributed by atoms with Crippen molar-refractivity contribution in [3.05, 3.63) is 59.5 Å². The summed E-state index contributed by atoms with van der Waals surface area (Å²) in [6.45, 7) is 1.71. The number of phenolic OH excluding ortho intramolecular Hbond substituents is 2. The summed E-state index contributed by atoms with van der Waals surface area (Å²) in [6, 6.07) is 11.2. The molecule has 1 aromatic heterocycles. The van der Waals surface area contributed by atoms with Gasteiger partial charge in [0.05, 0.1) is 0 Å². The number of esters is 1. The largest absolute Gasteiger partial charge is 0.508 e. The Balaban J connectivity index is 1.69. The molecule has 2 N–H and O–H groups in total. The summed E-state index contributed by atoms with van der Waals surface area (Å²) in [4.78, 5) is 16.1. The second-order valence-corrected chi connectivity index (χ2v) is 5.10. The summed E-state index contributed by atoms with van der Waals surface area (Å²) in [6.07, 6.45) is 0. The van der Waals surface area contributed by atoms with Gasteiger partial charge < -0.3 is 19.5 Å². The molecule has 1 heterocycles. The lowest BCUT2D eigenvalue weighted by molar-refractivity contribution is 0.0426. The molecule has 122 valence electrons. The van der Waals surface area contributed by atoms with E-state index in [0.29, 0.717) is 5.82 Å². The van der Waals surface area contributed by atoms with E-state index < -0.39 is 5.97 Å². The van der Waals surface area contributed by atoms with Gasteiger partial charge in [0.2, 0.25) is 5.82 Å². The average molecular weight is 326 g/mol. The van der Waals surface area contributed by atoms with Gasteiger partial charge in [-0.3, -0.25) is 0 Å². The van der Waals surface area contributed by atoms with E-state index in [4.69, 9.17) is 9.26 Å². The third-order valence-electron chi connectivity index (χ3n) is 3.38. The fourth-order valence-electron chi connectivity index (χ4n) is 2.14. The molecule has 0 saturated carbocycles. The van der Waals surface area contributed by atoms with Crippen LogP contribution in [0.1, 0.15) is 21.8 Å². The number of hydrogen-bond donors (Lipinski definition) is 2. The van der Waals surface area contributed by atoms with Crippen molar-refractivity contribution in [2.45, 2.75) is 13.5 Å². The third-order valence-corrected chi connectivity index (χ3v) is 3.38. The lowest BCUT2D eigenvalue weighted by Crippen LogP contribution is -2.05. The zero-order valence-corrected chi connectivity index (χ0v) is 12.8. The summed E-state index contributed by atoms with van der Waals surface area (Å²) >= 11 is 0. The molecule has 0 aliphatic carbocycles. The zero-order chi connectivity index (χ0) is 17.1. The minimum Gasteiger partial charge on any atom is -0.508 e. The second-order valence-electron chi connectivity index (χ2n) is 5.10. The normalized spacial score (nSPS) is 10.5. The Hall–Kier alpha value is -3.35. The van der Waals surface area contributed by atoms with Crippen molar-refractivity contribution in [3.8, 4) is 22.9 Å². The molecule has 0 aliphatic rings. The molecule has 7 heteroatoms. The zero-order valence-electron chi connectivity index (χ0n) is 12.8. The molecule has 7 nitrogen and oxygen atoms in total. The number of aromatic hydroxyl groups is 2. The second kappa shape index (κ2) is 6.41. The standard InChI is InChI=1S/C17H14N2O5/c1-10-4-2-3-5-12(10)16-18-15(24-19-16)9-23-17(22)13-7-6-11(20)8-14(13)21/h2-8,20-21H,9H2,1H3. The maximum absolute atomic E-state index is 11.9. The van der Waals surface area contributed by atoms with E-state index in [-0.39, 0.29) is 29.6 Å². The maximum Gasteiger partial charge on any atom is 0.342 e. The molecule has 2 aromatic carbocycles. The average Bonchev–Trinajstić information content (AvgIpc) is 3.02. The van der Waals surface area contributed by atoms with Crippen LogP contribution >= 0.6 is 0 Å². The highest BCUT2D eigenvalue weighted by molar-refractivity contribution is 5.92. The number of carbonyl (C=O) groups is 1. The van der Waals surface area contributed by atoms with Crippen LogP contribution < -0.4 is 0 Å². The van der Waals surface area contributed by atoms with Gasteiger partial charge >= 0.3 is 5.97 Å².